The van der Waals surface area contributed by atoms with Crippen LogP contribution >= 0.6 is 11.3 Å². The largest absolute Gasteiger partial charge is 0.496 e. The third kappa shape index (κ3) is 3.13. The van der Waals surface area contributed by atoms with E-state index >= 15 is 0 Å². The Balaban J connectivity index is 1.88. The topological polar surface area (TPSA) is 91.9 Å². The Morgan fingerprint density at radius 3 is 2.66 bits per heavy atom. The number of rotatable bonds is 4. The third-order valence-corrected chi connectivity index (χ3v) is 5.74. The first kappa shape index (κ1) is 19.0. The van der Waals surface area contributed by atoms with Gasteiger partial charge in [-0.2, -0.15) is 0 Å². The van der Waals surface area contributed by atoms with E-state index in [1.807, 2.05) is 31.4 Å². The Morgan fingerprint density at radius 2 is 1.97 bits per heavy atom. The van der Waals surface area contributed by atoms with Gasteiger partial charge < -0.3 is 4.74 Å². The summed E-state index contributed by atoms with van der Waals surface area (Å²) in [5.74, 6) is 1.19. The van der Waals surface area contributed by atoms with Crippen LogP contribution in [-0.2, 0) is 13.6 Å². The highest BCUT2D eigenvalue weighted by molar-refractivity contribution is 7.13. The number of aromatic nitrogens is 5. The summed E-state index contributed by atoms with van der Waals surface area (Å²) >= 11 is 1.49. The lowest BCUT2D eigenvalue weighted by Crippen LogP contribution is -2.40. The SMILES string of the molecule is COc1c(C)cnc(Cn2c(=O)c3cnc(-c4cccs4)nc3n(C)c2=O)c1C. The van der Waals surface area contributed by atoms with Crippen LogP contribution in [0.25, 0.3) is 21.7 Å². The van der Waals surface area contributed by atoms with Crippen molar-refractivity contribution in [2.24, 2.45) is 7.05 Å². The van der Waals surface area contributed by atoms with Gasteiger partial charge in [0, 0.05) is 30.6 Å². The van der Waals surface area contributed by atoms with E-state index < -0.39 is 11.2 Å². The van der Waals surface area contributed by atoms with Crippen LogP contribution in [0.15, 0.2) is 39.5 Å². The van der Waals surface area contributed by atoms with Gasteiger partial charge in [-0.15, -0.1) is 11.3 Å². The molecule has 4 rings (SSSR count). The van der Waals surface area contributed by atoms with Gasteiger partial charge in [0.1, 0.15) is 11.1 Å². The number of ether oxygens (including phenoxy) is 1. The summed E-state index contributed by atoms with van der Waals surface area (Å²) < 4.78 is 7.95. The van der Waals surface area contributed by atoms with E-state index in [2.05, 4.69) is 15.0 Å². The van der Waals surface area contributed by atoms with Crippen LogP contribution < -0.4 is 16.0 Å². The van der Waals surface area contributed by atoms with Gasteiger partial charge in [0.15, 0.2) is 11.5 Å². The molecule has 0 atom stereocenters. The quantitative estimate of drug-likeness (QED) is 0.514. The maximum atomic E-state index is 13.0. The van der Waals surface area contributed by atoms with E-state index in [0.29, 0.717) is 22.9 Å². The summed E-state index contributed by atoms with van der Waals surface area (Å²) in [6.45, 7) is 3.80. The van der Waals surface area contributed by atoms with Crippen molar-refractivity contribution >= 4 is 22.4 Å². The van der Waals surface area contributed by atoms with Crippen LogP contribution in [0, 0.1) is 13.8 Å². The second kappa shape index (κ2) is 7.25. The Hall–Kier alpha value is -3.33. The highest BCUT2D eigenvalue weighted by atomic mass is 32.1. The fraction of sp³-hybridized carbons (Fsp3) is 0.250. The van der Waals surface area contributed by atoms with Gasteiger partial charge in [-0.1, -0.05) is 6.07 Å². The molecule has 0 aliphatic heterocycles. The van der Waals surface area contributed by atoms with Gasteiger partial charge in [-0.3, -0.25) is 18.9 Å². The molecule has 148 valence electrons. The molecule has 0 aliphatic carbocycles. The number of fused-ring (bicyclic) bond motifs is 1. The van der Waals surface area contributed by atoms with Gasteiger partial charge in [0.2, 0.25) is 0 Å². The lowest BCUT2D eigenvalue weighted by Gasteiger charge is -2.14. The number of aryl methyl sites for hydroxylation is 2. The van der Waals surface area contributed by atoms with Gasteiger partial charge in [-0.05, 0) is 25.3 Å². The summed E-state index contributed by atoms with van der Waals surface area (Å²) in [5.41, 5.74) is 1.69. The molecule has 0 aromatic carbocycles. The Labute approximate surface area is 170 Å². The van der Waals surface area contributed by atoms with Crippen molar-refractivity contribution in [2.75, 3.05) is 7.11 Å². The molecule has 29 heavy (non-hydrogen) atoms. The first-order chi connectivity index (χ1) is 13.9. The smallest absolute Gasteiger partial charge is 0.332 e. The number of hydrogen-bond donors (Lipinski definition) is 0. The average molecular weight is 409 g/mol. The minimum atomic E-state index is -0.459. The van der Waals surface area contributed by atoms with Crippen molar-refractivity contribution in [3.8, 4) is 16.5 Å². The Kier molecular flexibility index (Phi) is 4.75. The zero-order valence-electron chi connectivity index (χ0n) is 16.5. The van der Waals surface area contributed by atoms with Crippen molar-refractivity contribution in [1.82, 2.24) is 24.1 Å². The van der Waals surface area contributed by atoms with Crippen molar-refractivity contribution in [1.29, 1.82) is 0 Å². The number of nitrogens with zero attached hydrogens (tertiary/aromatic N) is 5. The summed E-state index contributed by atoms with van der Waals surface area (Å²) in [6.07, 6.45) is 3.15. The van der Waals surface area contributed by atoms with E-state index in [1.54, 1.807) is 20.4 Å². The molecule has 4 heterocycles. The zero-order valence-corrected chi connectivity index (χ0v) is 17.3. The van der Waals surface area contributed by atoms with E-state index in [0.717, 1.165) is 20.6 Å². The number of hydrogen-bond acceptors (Lipinski definition) is 7. The van der Waals surface area contributed by atoms with Crippen molar-refractivity contribution in [3.63, 3.8) is 0 Å². The van der Waals surface area contributed by atoms with Gasteiger partial charge >= 0.3 is 5.69 Å². The molecule has 9 heteroatoms. The van der Waals surface area contributed by atoms with Crippen molar-refractivity contribution < 1.29 is 4.74 Å². The normalized spacial score (nSPS) is 11.2. The predicted octanol–water partition coefficient (Wildman–Crippen LogP) is 2.29. The first-order valence-electron chi connectivity index (χ1n) is 8.92. The number of methoxy groups -OCH3 is 1. The minimum Gasteiger partial charge on any atom is -0.496 e. The van der Waals surface area contributed by atoms with E-state index in [-0.39, 0.29) is 11.9 Å². The summed E-state index contributed by atoms with van der Waals surface area (Å²) in [6, 6.07) is 3.79. The number of thiophene rings is 1. The van der Waals surface area contributed by atoms with Crippen LogP contribution in [0.2, 0.25) is 0 Å². The zero-order chi connectivity index (χ0) is 20.7. The van der Waals surface area contributed by atoms with Crippen LogP contribution in [0.1, 0.15) is 16.8 Å². The average Bonchev–Trinajstić information content (AvgIpc) is 3.26. The standard InChI is InChI=1S/C20H19N5O3S/c1-11-8-21-14(12(2)16(11)28-4)10-25-19(26)13-9-22-17(15-6-5-7-29-15)23-18(13)24(3)20(25)27/h5-9H,10H2,1-4H3. The van der Waals surface area contributed by atoms with Crippen LogP contribution in [0.3, 0.4) is 0 Å². The molecule has 0 radical (unpaired) electrons. The maximum Gasteiger partial charge on any atom is 0.332 e. The Bertz CT molecular complexity index is 1340. The Morgan fingerprint density at radius 1 is 1.17 bits per heavy atom. The summed E-state index contributed by atoms with van der Waals surface area (Å²) in [5, 5.41) is 2.20. The van der Waals surface area contributed by atoms with Gasteiger partial charge in [0.05, 0.1) is 24.2 Å². The van der Waals surface area contributed by atoms with E-state index in [1.165, 1.54) is 22.1 Å². The molecular formula is C20H19N5O3S. The van der Waals surface area contributed by atoms with Crippen LogP contribution in [-0.4, -0.2) is 31.2 Å². The molecule has 0 amide bonds. The molecule has 8 nitrogen and oxygen atoms in total. The number of pyridine rings is 1. The molecular weight excluding hydrogens is 390 g/mol. The maximum absolute atomic E-state index is 13.0. The second-order valence-electron chi connectivity index (χ2n) is 6.69. The van der Waals surface area contributed by atoms with Crippen molar-refractivity contribution in [2.45, 2.75) is 20.4 Å². The monoisotopic (exact) mass is 409 g/mol. The first-order valence-corrected chi connectivity index (χ1v) is 9.80. The molecule has 0 unspecified atom stereocenters. The van der Waals surface area contributed by atoms with E-state index in [4.69, 9.17) is 4.74 Å². The van der Waals surface area contributed by atoms with E-state index in [9.17, 15) is 9.59 Å². The fourth-order valence-corrected chi connectivity index (χ4v) is 3.99. The molecule has 0 saturated carbocycles. The lowest BCUT2D eigenvalue weighted by molar-refractivity contribution is 0.406. The van der Waals surface area contributed by atoms with Crippen molar-refractivity contribution in [3.05, 3.63) is 67.6 Å². The lowest BCUT2D eigenvalue weighted by atomic mass is 10.1. The molecule has 4 aromatic heterocycles. The molecule has 4 aromatic rings. The highest BCUT2D eigenvalue weighted by Crippen LogP contribution is 2.24. The van der Waals surface area contributed by atoms with Crippen LogP contribution in [0.5, 0.6) is 5.75 Å². The highest BCUT2D eigenvalue weighted by Gasteiger charge is 2.17. The molecule has 0 saturated heterocycles. The molecule has 0 bridgehead atoms. The molecule has 0 aliphatic rings. The van der Waals surface area contributed by atoms with Crippen LogP contribution in [0.4, 0.5) is 0 Å². The molecule has 0 N–H and O–H groups in total. The summed E-state index contributed by atoms with van der Waals surface area (Å²) in [4.78, 5) is 40.0. The molecule has 0 fully saturated rings. The minimum absolute atomic E-state index is 0.0383. The predicted molar refractivity (Wildman–Crippen MR) is 112 cm³/mol. The van der Waals surface area contributed by atoms with Gasteiger partial charge in [0.25, 0.3) is 5.56 Å². The summed E-state index contributed by atoms with van der Waals surface area (Å²) in [7, 11) is 3.19. The third-order valence-electron chi connectivity index (χ3n) is 4.88. The molecule has 0 spiro atoms. The van der Waals surface area contributed by atoms with Gasteiger partial charge in [-0.25, -0.2) is 14.8 Å². The second-order valence-corrected chi connectivity index (χ2v) is 7.63. The fourth-order valence-electron chi connectivity index (χ4n) is 3.33.